The van der Waals surface area contributed by atoms with Crippen molar-refractivity contribution < 1.29 is 33.7 Å². The Morgan fingerprint density at radius 3 is 1.05 bits per heavy atom. The Balaban J connectivity index is 1.83. The summed E-state index contributed by atoms with van der Waals surface area (Å²) < 4.78 is 32.9. The van der Waals surface area contributed by atoms with Crippen molar-refractivity contribution in [1.29, 1.82) is 0 Å². The Morgan fingerprint density at radius 2 is 0.767 bits per heavy atom. The molecule has 1 atom stereocenters. The van der Waals surface area contributed by atoms with Gasteiger partial charge in [0.15, 0.2) is 28.8 Å². The number of ketones is 1. The highest BCUT2D eigenvalue weighted by molar-refractivity contribution is 6.27. The number of Topliss-reactive ketones (excluding diaryl/α,β-unsaturated/α-hetero) is 1. The molecule has 4 aromatic rings. The van der Waals surface area contributed by atoms with Gasteiger partial charge in [-0.1, -0.05) is 98.8 Å². The van der Waals surface area contributed by atoms with Gasteiger partial charge < -0.3 is 23.7 Å². The van der Waals surface area contributed by atoms with Crippen LogP contribution in [0.2, 0.25) is 0 Å². The van der Waals surface area contributed by atoms with Crippen molar-refractivity contribution in [3.05, 3.63) is 42.0 Å². The quantitative estimate of drug-likeness (QED) is 0.0336. The number of ether oxygens (including phenoxy) is 5. The first-order valence-corrected chi connectivity index (χ1v) is 23.6. The van der Waals surface area contributed by atoms with Crippen LogP contribution in [0.5, 0.6) is 28.7 Å². The zero-order valence-electron chi connectivity index (χ0n) is 38.7. The van der Waals surface area contributed by atoms with Gasteiger partial charge in [0, 0.05) is 11.5 Å². The van der Waals surface area contributed by atoms with E-state index in [1.807, 2.05) is 33.8 Å². The topological polar surface area (TPSA) is 86.4 Å². The van der Waals surface area contributed by atoms with Gasteiger partial charge in [-0.05, 0) is 135 Å². The fraction of sp³-hybridized carbons (Fsp3) is 0.635. The number of rotatable bonds is 27. The molecule has 0 saturated carbocycles. The molecule has 8 heteroatoms. The number of benzene rings is 4. The van der Waals surface area contributed by atoms with E-state index < -0.39 is 17.0 Å². The van der Waals surface area contributed by atoms with Gasteiger partial charge in [0.25, 0.3) is 0 Å². The normalized spacial score (nSPS) is 16.2. The first-order chi connectivity index (χ1) is 28.9. The van der Waals surface area contributed by atoms with Crippen LogP contribution in [0.4, 0.5) is 0 Å². The lowest BCUT2D eigenvalue weighted by atomic mass is 9.80. The molecule has 0 aromatic heterocycles. The average molecular weight is 827 g/mol. The summed E-state index contributed by atoms with van der Waals surface area (Å²) in [6, 6.07) is 12.6. The second-order valence-corrected chi connectivity index (χ2v) is 18.2. The summed E-state index contributed by atoms with van der Waals surface area (Å²) in [5.41, 5.74) is -1.05. The van der Waals surface area contributed by atoms with Crippen molar-refractivity contribution in [3.63, 3.8) is 0 Å². The minimum atomic E-state index is -0.887. The van der Waals surface area contributed by atoms with E-state index in [4.69, 9.17) is 23.7 Å². The average Bonchev–Trinajstić information content (AvgIpc) is 3.40. The molecule has 1 saturated heterocycles. The van der Waals surface area contributed by atoms with Gasteiger partial charge >= 0.3 is 0 Å². The van der Waals surface area contributed by atoms with Crippen molar-refractivity contribution in [2.24, 2.45) is 5.92 Å². The Morgan fingerprint density at radius 1 is 0.483 bits per heavy atom. The molecular weight excluding hydrogens is 751 g/mol. The molecule has 1 heterocycles. The van der Waals surface area contributed by atoms with Gasteiger partial charge in [-0.15, -0.1) is 10.3 Å². The highest BCUT2D eigenvalue weighted by atomic mass is 16.5. The van der Waals surface area contributed by atoms with Gasteiger partial charge in [0.1, 0.15) is 5.75 Å². The third-order valence-electron chi connectivity index (χ3n) is 12.4. The van der Waals surface area contributed by atoms with Crippen LogP contribution in [-0.4, -0.2) is 55.0 Å². The standard InChI is InChI=1S/C52H76NO7/c1-10-15-20-25-56-45-31-38-37(30-43(45)50(54)44-36-51(6,7)53(55)52(44,8)9)39-32-46(57-26-21-16-11-2)48(59-28-23-18-13-4)34-41(39)42-35-49(60-29-24-19-14-5)47(33-40(38)42)58-27-22-17-12-3/h30-35,44H,10-29,36H2,1-9H3. The fourth-order valence-electron chi connectivity index (χ4n) is 8.83. The molecule has 1 radical (unpaired) electrons. The SMILES string of the molecule is CCCCCOc1cc2c3cc(OCCCCC)c(OCCCCC)cc3c3cc(C(=O)C4CC(C)(C)N([O])C4(C)C)c(OCCCCC)cc3c2cc1OCCCCC. The molecule has 0 spiro atoms. The Hall–Kier alpha value is -3.75. The molecule has 1 unspecified atom stereocenters. The van der Waals surface area contributed by atoms with E-state index in [1.165, 1.54) is 0 Å². The number of unbranched alkanes of at least 4 members (excludes halogenated alkanes) is 10. The summed E-state index contributed by atoms with van der Waals surface area (Å²) in [6.07, 6.45) is 16.0. The second-order valence-electron chi connectivity index (χ2n) is 18.2. The number of carbonyl (C=O) groups is 1. The molecule has 4 aromatic carbocycles. The van der Waals surface area contributed by atoms with Gasteiger partial charge in [0.2, 0.25) is 0 Å². The summed E-state index contributed by atoms with van der Waals surface area (Å²) in [4.78, 5) is 15.0. The molecular formula is C52H76NO7. The zero-order valence-corrected chi connectivity index (χ0v) is 38.7. The third-order valence-corrected chi connectivity index (χ3v) is 12.4. The van der Waals surface area contributed by atoms with Crippen LogP contribution in [0.1, 0.15) is 175 Å². The number of nitrogens with zero attached hydrogens (tertiary/aromatic N) is 1. The minimum Gasteiger partial charge on any atom is -0.493 e. The smallest absolute Gasteiger partial charge is 0.171 e. The molecule has 1 fully saturated rings. The van der Waals surface area contributed by atoms with Gasteiger partial charge in [-0.25, -0.2) is 0 Å². The molecule has 0 bridgehead atoms. The van der Waals surface area contributed by atoms with Crippen LogP contribution >= 0.6 is 0 Å². The van der Waals surface area contributed by atoms with E-state index in [1.54, 1.807) is 0 Å². The van der Waals surface area contributed by atoms with E-state index in [0.717, 1.165) is 151 Å². The van der Waals surface area contributed by atoms with E-state index in [0.29, 0.717) is 56.5 Å². The molecule has 5 rings (SSSR count). The third kappa shape index (κ3) is 11.2. The lowest BCUT2D eigenvalue weighted by Crippen LogP contribution is -2.47. The van der Waals surface area contributed by atoms with E-state index in [-0.39, 0.29) is 5.78 Å². The fourth-order valence-corrected chi connectivity index (χ4v) is 8.83. The first-order valence-electron chi connectivity index (χ1n) is 23.6. The number of hydrogen-bond donors (Lipinski definition) is 0. The van der Waals surface area contributed by atoms with Crippen LogP contribution in [0.15, 0.2) is 36.4 Å². The van der Waals surface area contributed by atoms with Crippen LogP contribution in [0, 0.1) is 5.92 Å². The summed E-state index contributed by atoms with van der Waals surface area (Å²) in [7, 11) is 0. The maximum absolute atomic E-state index is 15.0. The number of fused-ring (bicyclic) bond motifs is 6. The summed E-state index contributed by atoms with van der Waals surface area (Å²) in [5, 5.41) is 20.6. The largest absolute Gasteiger partial charge is 0.493 e. The molecule has 60 heavy (non-hydrogen) atoms. The Kier molecular flexibility index (Phi) is 17.6. The molecule has 1 aliphatic rings. The molecule has 0 N–H and O–H groups in total. The molecule has 8 nitrogen and oxygen atoms in total. The number of hydrogen-bond acceptors (Lipinski definition) is 7. The Labute approximate surface area is 361 Å². The maximum atomic E-state index is 15.0. The number of hydroxylamine groups is 2. The minimum absolute atomic E-state index is 0.0604. The van der Waals surface area contributed by atoms with Crippen LogP contribution in [-0.2, 0) is 5.21 Å². The van der Waals surface area contributed by atoms with Crippen LogP contribution < -0.4 is 23.7 Å². The predicted molar refractivity (Wildman–Crippen MR) is 247 cm³/mol. The lowest BCUT2D eigenvalue weighted by molar-refractivity contribution is -0.246. The zero-order chi connectivity index (χ0) is 43.3. The van der Waals surface area contributed by atoms with Crippen molar-refractivity contribution in [1.82, 2.24) is 5.06 Å². The summed E-state index contributed by atoms with van der Waals surface area (Å²) >= 11 is 0. The van der Waals surface area contributed by atoms with Gasteiger partial charge in [0.05, 0.1) is 44.1 Å². The summed E-state index contributed by atoms with van der Waals surface area (Å²) in [6.45, 7) is 21.5. The predicted octanol–water partition coefficient (Wildman–Crippen LogP) is 14.4. The van der Waals surface area contributed by atoms with Crippen molar-refractivity contribution in [2.75, 3.05) is 33.0 Å². The van der Waals surface area contributed by atoms with Crippen molar-refractivity contribution in [2.45, 2.75) is 176 Å². The van der Waals surface area contributed by atoms with E-state index in [9.17, 15) is 5.21 Å². The number of carbonyl (C=O) groups excluding carboxylic acids is 1. The van der Waals surface area contributed by atoms with E-state index in [2.05, 4.69) is 65.0 Å². The first kappa shape index (κ1) is 47.3. The van der Waals surface area contributed by atoms with Crippen molar-refractivity contribution in [3.8, 4) is 28.7 Å². The molecule has 0 amide bonds. The molecule has 331 valence electrons. The van der Waals surface area contributed by atoms with E-state index >= 15 is 4.79 Å². The lowest BCUT2D eigenvalue weighted by Gasteiger charge is -2.33. The van der Waals surface area contributed by atoms with Gasteiger partial charge in [-0.2, -0.15) is 0 Å². The van der Waals surface area contributed by atoms with Gasteiger partial charge in [-0.3, -0.25) is 4.79 Å². The second kappa shape index (κ2) is 22.4. The van der Waals surface area contributed by atoms with Crippen molar-refractivity contribution >= 4 is 38.1 Å². The maximum Gasteiger partial charge on any atom is 0.171 e. The van der Waals surface area contributed by atoms with Crippen LogP contribution in [0.25, 0.3) is 32.3 Å². The highest BCUT2D eigenvalue weighted by Gasteiger charge is 2.55. The monoisotopic (exact) mass is 827 g/mol. The summed E-state index contributed by atoms with van der Waals surface area (Å²) in [5.74, 6) is 2.86. The van der Waals surface area contributed by atoms with Crippen LogP contribution in [0.3, 0.4) is 0 Å². The Bertz CT molecular complexity index is 1950. The molecule has 0 aliphatic carbocycles. The highest BCUT2D eigenvalue weighted by Crippen LogP contribution is 2.49. The molecule has 1 aliphatic heterocycles.